The van der Waals surface area contributed by atoms with Gasteiger partial charge in [-0.2, -0.15) is 0 Å². The van der Waals surface area contributed by atoms with Crippen molar-refractivity contribution < 1.29 is 67.8 Å². The van der Waals surface area contributed by atoms with Crippen LogP contribution in [0.25, 0.3) is 0 Å². The maximum Gasteiger partial charge on any atom is 0.338 e. The Hall–Kier alpha value is -5.01. The molecule has 2 unspecified atom stereocenters. The molecule has 0 bridgehead atoms. The van der Waals surface area contributed by atoms with Gasteiger partial charge < -0.3 is 34.3 Å². The van der Waals surface area contributed by atoms with E-state index in [2.05, 4.69) is 13.2 Å². The molecule has 0 aromatic heterocycles. The summed E-state index contributed by atoms with van der Waals surface area (Å²) in [5.41, 5.74) is -1.67. The van der Waals surface area contributed by atoms with Crippen LogP contribution in [0.5, 0.6) is 0 Å². The molecule has 1 aromatic carbocycles. The second kappa shape index (κ2) is 15.4. The summed E-state index contributed by atoms with van der Waals surface area (Å²) in [5.74, 6) is -8.39. The lowest BCUT2D eigenvalue weighted by Gasteiger charge is -2.27. The monoisotopic (exact) mass is 564 g/mol. The zero-order valence-corrected chi connectivity index (χ0v) is 21.7. The van der Waals surface area contributed by atoms with Crippen LogP contribution in [0.3, 0.4) is 0 Å². The van der Waals surface area contributed by atoms with Crippen LogP contribution in [-0.2, 0) is 38.1 Å². The molecule has 0 saturated heterocycles. The number of rotatable bonds is 16. The number of carbonyl (C=O) groups is 7. The van der Waals surface area contributed by atoms with Crippen molar-refractivity contribution in [3.05, 3.63) is 59.2 Å². The van der Waals surface area contributed by atoms with Gasteiger partial charge in [0.2, 0.25) is 0 Å². The molecular weight excluding hydrogens is 536 g/mol. The molecule has 0 aliphatic rings. The van der Waals surface area contributed by atoms with Crippen LogP contribution in [0.4, 0.5) is 0 Å². The summed E-state index contributed by atoms with van der Waals surface area (Å²) in [5, 5.41) is 27.3. The third-order valence-corrected chi connectivity index (χ3v) is 4.93. The fourth-order valence-corrected chi connectivity index (χ4v) is 2.89. The third-order valence-electron chi connectivity index (χ3n) is 4.93. The van der Waals surface area contributed by atoms with E-state index in [1.807, 2.05) is 0 Å². The van der Waals surface area contributed by atoms with Crippen LogP contribution >= 0.6 is 0 Å². The van der Waals surface area contributed by atoms with Gasteiger partial charge in [0.05, 0.1) is 36.1 Å². The molecule has 0 saturated carbocycles. The second-order valence-electron chi connectivity index (χ2n) is 8.32. The average molecular weight is 564 g/mol. The topological polar surface area (TPSA) is 217 Å². The zero-order valence-electron chi connectivity index (χ0n) is 21.7. The van der Waals surface area contributed by atoms with Crippen LogP contribution in [0.15, 0.2) is 42.5 Å². The second-order valence-corrected chi connectivity index (χ2v) is 8.32. The van der Waals surface area contributed by atoms with Crippen molar-refractivity contribution in [3.63, 3.8) is 0 Å². The molecule has 0 aliphatic carbocycles. The Labute approximate surface area is 227 Å². The minimum atomic E-state index is -1.64. The highest BCUT2D eigenvalue weighted by Crippen LogP contribution is 2.18. The van der Waals surface area contributed by atoms with E-state index in [0.29, 0.717) is 0 Å². The summed E-state index contributed by atoms with van der Waals surface area (Å²) < 4.78 is 20.7. The number of hydrogen-bond acceptors (Lipinski definition) is 11. The first-order chi connectivity index (χ1) is 18.6. The molecule has 3 N–H and O–H groups in total. The molecule has 0 fully saturated rings. The van der Waals surface area contributed by atoms with Gasteiger partial charge in [-0.05, 0) is 32.0 Å². The molecule has 40 heavy (non-hydrogen) atoms. The molecule has 0 amide bonds. The average Bonchev–Trinajstić information content (AvgIpc) is 2.88. The summed E-state index contributed by atoms with van der Waals surface area (Å²) in [6.07, 6.45) is -4.47. The largest absolute Gasteiger partial charge is 0.481 e. The first-order valence-electron chi connectivity index (χ1n) is 11.5. The molecule has 0 aliphatic heterocycles. The Bertz CT molecular complexity index is 1210. The van der Waals surface area contributed by atoms with Gasteiger partial charge in [0.1, 0.15) is 12.7 Å². The quantitative estimate of drug-likeness (QED) is 0.149. The number of benzene rings is 1. The minimum absolute atomic E-state index is 0.0224. The fourth-order valence-electron chi connectivity index (χ4n) is 2.89. The predicted molar refractivity (Wildman–Crippen MR) is 132 cm³/mol. The van der Waals surface area contributed by atoms with Gasteiger partial charge in [-0.3, -0.25) is 9.59 Å². The lowest BCUT2D eigenvalue weighted by atomic mass is 10.0. The van der Waals surface area contributed by atoms with Gasteiger partial charge in [0.25, 0.3) is 0 Å². The fraction of sp³-hybridized carbons (Fsp3) is 0.346. The Morgan fingerprint density at radius 1 is 0.775 bits per heavy atom. The van der Waals surface area contributed by atoms with Crippen molar-refractivity contribution in [3.8, 4) is 0 Å². The van der Waals surface area contributed by atoms with Crippen LogP contribution in [0.1, 0.15) is 64.2 Å². The van der Waals surface area contributed by atoms with E-state index >= 15 is 0 Å². The van der Waals surface area contributed by atoms with Crippen molar-refractivity contribution in [1.29, 1.82) is 0 Å². The van der Waals surface area contributed by atoms with E-state index in [0.717, 1.165) is 18.2 Å². The minimum Gasteiger partial charge on any atom is -0.481 e. The van der Waals surface area contributed by atoms with Crippen molar-refractivity contribution in [2.45, 2.75) is 45.3 Å². The Morgan fingerprint density at radius 2 is 1.35 bits per heavy atom. The van der Waals surface area contributed by atoms with Crippen LogP contribution in [0, 0.1) is 0 Å². The van der Waals surface area contributed by atoms with Gasteiger partial charge in [-0.1, -0.05) is 13.2 Å². The summed E-state index contributed by atoms with van der Waals surface area (Å²) in [7, 11) is 0. The zero-order chi connectivity index (χ0) is 30.6. The van der Waals surface area contributed by atoms with Gasteiger partial charge in [-0.25, -0.2) is 24.0 Å². The van der Waals surface area contributed by atoms with Crippen LogP contribution < -0.4 is 0 Å². The molecule has 0 spiro atoms. The van der Waals surface area contributed by atoms with E-state index in [1.54, 1.807) is 0 Å². The number of esters is 4. The SMILES string of the molecule is C=C(C)C(=O)OCCC(OC(=O)CCC(=O)O)C(COC(=O)C(=C)C)OC(=O)c1ccc(C(=O)O)c(C(=O)O)c1. The molecule has 0 radical (unpaired) electrons. The maximum absolute atomic E-state index is 12.9. The summed E-state index contributed by atoms with van der Waals surface area (Å²) in [6, 6.07) is 2.62. The smallest absolute Gasteiger partial charge is 0.338 e. The number of aliphatic carboxylic acids is 1. The first-order valence-corrected chi connectivity index (χ1v) is 11.5. The number of carboxylic acids is 3. The van der Waals surface area contributed by atoms with Gasteiger partial charge in [-0.15, -0.1) is 0 Å². The normalized spacial score (nSPS) is 11.8. The molecular formula is C26H28O14. The Morgan fingerprint density at radius 3 is 1.88 bits per heavy atom. The highest BCUT2D eigenvalue weighted by molar-refractivity contribution is 6.04. The first kappa shape index (κ1) is 33.0. The van der Waals surface area contributed by atoms with E-state index in [9.17, 15) is 43.8 Å². The lowest BCUT2D eigenvalue weighted by Crippen LogP contribution is -2.40. The van der Waals surface area contributed by atoms with Crippen molar-refractivity contribution in [1.82, 2.24) is 0 Å². The number of hydrogen-bond donors (Lipinski definition) is 3. The Balaban J connectivity index is 3.34. The number of aromatic carboxylic acids is 2. The summed E-state index contributed by atoms with van der Waals surface area (Å²) in [6.45, 7) is 8.46. The molecule has 0 heterocycles. The molecule has 1 aromatic rings. The van der Waals surface area contributed by atoms with Crippen molar-refractivity contribution in [2.24, 2.45) is 0 Å². The van der Waals surface area contributed by atoms with E-state index in [-0.39, 0.29) is 24.2 Å². The maximum atomic E-state index is 12.9. The van der Waals surface area contributed by atoms with E-state index < -0.39 is 90.1 Å². The van der Waals surface area contributed by atoms with Crippen LogP contribution in [-0.4, -0.2) is 82.5 Å². The number of carbonyl (C=O) groups excluding carboxylic acids is 4. The van der Waals surface area contributed by atoms with Gasteiger partial charge in [0.15, 0.2) is 6.10 Å². The lowest BCUT2D eigenvalue weighted by molar-refractivity contribution is -0.163. The Kier molecular flexibility index (Phi) is 12.7. The highest BCUT2D eigenvalue weighted by atomic mass is 16.6. The number of ether oxygens (including phenoxy) is 4. The van der Waals surface area contributed by atoms with Gasteiger partial charge >= 0.3 is 41.8 Å². The molecule has 1 rings (SSSR count). The summed E-state index contributed by atoms with van der Waals surface area (Å²) >= 11 is 0. The van der Waals surface area contributed by atoms with E-state index in [4.69, 9.17) is 24.1 Å². The molecule has 216 valence electrons. The standard InChI is InChI=1S/C26H28O14/c1-13(2)24(34)37-10-9-18(39-21(29)8-7-20(27)28)19(12-38-25(35)14(3)4)40-26(36)15-5-6-16(22(30)31)17(11-15)23(32)33/h5-6,11,18-19H,1,3,7-10,12H2,2,4H3,(H,27,28)(H,30,31)(H,32,33). The van der Waals surface area contributed by atoms with E-state index in [1.165, 1.54) is 13.8 Å². The van der Waals surface area contributed by atoms with Crippen molar-refractivity contribution in [2.75, 3.05) is 13.2 Å². The third kappa shape index (κ3) is 10.8. The predicted octanol–water partition coefficient (Wildman–Crippen LogP) is 2.01. The summed E-state index contributed by atoms with van der Waals surface area (Å²) in [4.78, 5) is 82.6. The molecule has 2 atom stereocenters. The highest BCUT2D eigenvalue weighted by Gasteiger charge is 2.32. The molecule has 14 heteroatoms. The van der Waals surface area contributed by atoms with Gasteiger partial charge in [0, 0.05) is 17.6 Å². The molecule has 14 nitrogen and oxygen atoms in total. The van der Waals surface area contributed by atoms with Crippen LogP contribution in [0.2, 0.25) is 0 Å². The number of carboxylic acid groups (broad SMARTS) is 3. The van der Waals surface area contributed by atoms with Crippen molar-refractivity contribution >= 4 is 41.8 Å².